The number of alkyl halides is 3. The molecule has 1 fully saturated rings. The number of hydrogen-bond donors (Lipinski definition) is 2. The highest BCUT2D eigenvalue weighted by Crippen LogP contribution is 2.24. The van der Waals surface area contributed by atoms with Gasteiger partial charge in [0.15, 0.2) is 0 Å². The van der Waals surface area contributed by atoms with Gasteiger partial charge in [0.2, 0.25) is 11.8 Å². The highest BCUT2D eigenvalue weighted by Gasteiger charge is 2.31. The van der Waals surface area contributed by atoms with Crippen LogP contribution in [-0.2, 0) is 9.59 Å². The summed E-state index contributed by atoms with van der Waals surface area (Å²) in [6.45, 7) is 8.56. The highest BCUT2D eigenvalue weighted by atomic mass is 19.4. The molecule has 1 saturated heterocycles. The van der Waals surface area contributed by atoms with Gasteiger partial charge in [-0.15, -0.1) is 13.2 Å². The third-order valence-electron chi connectivity index (χ3n) is 4.51. The summed E-state index contributed by atoms with van der Waals surface area (Å²) >= 11 is 0. The van der Waals surface area contributed by atoms with Crippen molar-refractivity contribution in [2.24, 2.45) is 0 Å². The van der Waals surface area contributed by atoms with Crippen molar-refractivity contribution in [1.29, 1.82) is 0 Å². The number of halogens is 3. The van der Waals surface area contributed by atoms with Crippen LogP contribution in [0.2, 0.25) is 0 Å². The zero-order chi connectivity index (χ0) is 21.6. The molecule has 2 rings (SSSR count). The fraction of sp³-hybridized carbons (Fsp3) is 0.579. The Kier molecular flexibility index (Phi) is 7.86. The number of benzene rings is 1. The molecular weight excluding hydrogens is 389 g/mol. The molecular formula is C19H27F3N4O3. The smallest absolute Gasteiger partial charge is 0.406 e. The van der Waals surface area contributed by atoms with Gasteiger partial charge in [0.05, 0.1) is 12.6 Å². The van der Waals surface area contributed by atoms with Gasteiger partial charge in [-0.25, -0.2) is 0 Å². The maximum absolute atomic E-state index is 12.5. The van der Waals surface area contributed by atoms with Crippen LogP contribution in [0.15, 0.2) is 24.3 Å². The lowest BCUT2D eigenvalue weighted by Gasteiger charge is -2.37. The summed E-state index contributed by atoms with van der Waals surface area (Å²) in [5, 5.41) is 5.56. The second kappa shape index (κ2) is 9.93. The van der Waals surface area contributed by atoms with E-state index in [0.717, 1.165) is 12.1 Å². The molecule has 10 heteroatoms. The molecule has 1 aliphatic heterocycles. The summed E-state index contributed by atoms with van der Waals surface area (Å²) in [4.78, 5) is 28.4. The van der Waals surface area contributed by atoms with Crippen molar-refractivity contribution in [2.45, 2.75) is 39.2 Å². The van der Waals surface area contributed by atoms with E-state index in [2.05, 4.69) is 15.4 Å². The number of carbonyl (C=O) groups excluding carboxylic acids is 2. The van der Waals surface area contributed by atoms with Crippen LogP contribution in [0.1, 0.15) is 20.8 Å². The van der Waals surface area contributed by atoms with Gasteiger partial charge in [-0.2, -0.15) is 0 Å². The van der Waals surface area contributed by atoms with Crippen LogP contribution in [-0.4, -0.2) is 72.8 Å². The number of rotatable bonds is 7. The van der Waals surface area contributed by atoms with Gasteiger partial charge >= 0.3 is 6.36 Å². The number of piperazine rings is 1. The Labute approximate surface area is 168 Å². The molecule has 0 unspecified atom stereocenters. The minimum Gasteiger partial charge on any atom is -0.406 e. The number of carbonyl (C=O) groups is 2. The SMILES string of the molecule is CC(C)NC(=O)CN1CCN([C@@H](C)C(=O)Nc2ccc(OC(F)(F)F)cc2)CC1. The summed E-state index contributed by atoms with van der Waals surface area (Å²) in [7, 11) is 0. The molecule has 0 aliphatic carbocycles. The molecule has 0 saturated carbocycles. The number of nitrogens with zero attached hydrogens (tertiary/aromatic N) is 2. The maximum atomic E-state index is 12.5. The van der Waals surface area contributed by atoms with E-state index in [9.17, 15) is 22.8 Å². The summed E-state index contributed by atoms with van der Waals surface area (Å²) in [6.07, 6.45) is -4.75. The Balaban J connectivity index is 1.80. The van der Waals surface area contributed by atoms with Crippen molar-refractivity contribution in [1.82, 2.24) is 15.1 Å². The number of hydrogen-bond acceptors (Lipinski definition) is 5. The van der Waals surface area contributed by atoms with E-state index in [-0.39, 0.29) is 23.6 Å². The van der Waals surface area contributed by atoms with Crippen LogP contribution in [0, 0.1) is 0 Å². The molecule has 2 amide bonds. The number of anilines is 1. The summed E-state index contributed by atoms with van der Waals surface area (Å²) in [5.74, 6) is -0.612. The van der Waals surface area contributed by atoms with E-state index in [1.807, 2.05) is 23.6 Å². The van der Waals surface area contributed by atoms with Crippen molar-refractivity contribution in [2.75, 3.05) is 38.0 Å². The molecule has 0 aromatic heterocycles. The van der Waals surface area contributed by atoms with Gasteiger partial charge in [-0.05, 0) is 45.0 Å². The Morgan fingerprint density at radius 2 is 1.66 bits per heavy atom. The minimum absolute atomic E-state index is 0.0165. The second-order valence-electron chi connectivity index (χ2n) is 7.27. The molecule has 29 heavy (non-hydrogen) atoms. The topological polar surface area (TPSA) is 73.9 Å². The van der Waals surface area contributed by atoms with Crippen molar-refractivity contribution in [3.63, 3.8) is 0 Å². The first kappa shape index (κ1) is 23.0. The molecule has 1 heterocycles. The normalized spacial score (nSPS) is 17.1. The number of nitrogens with one attached hydrogen (secondary N) is 2. The first-order valence-electron chi connectivity index (χ1n) is 9.46. The molecule has 0 bridgehead atoms. The Morgan fingerprint density at radius 3 is 2.17 bits per heavy atom. The fourth-order valence-electron chi connectivity index (χ4n) is 3.03. The first-order valence-corrected chi connectivity index (χ1v) is 9.46. The van der Waals surface area contributed by atoms with Gasteiger partial charge < -0.3 is 15.4 Å². The Hall–Kier alpha value is -2.33. The van der Waals surface area contributed by atoms with Crippen molar-refractivity contribution >= 4 is 17.5 Å². The lowest BCUT2D eigenvalue weighted by molar-refractivity contribution is -0.274. The predicted molar refractivity (Wildman–Crippen MR) is 103 cm³/mol. The van der Waals surface area contributed by atoms with E-state index in [4.69, 9.17) is 0 Å². The third-order valence-corrected chi connectivity index (χ3v) is 4.51. The molecule has 1 atom stereocenters. The molecule has 7 nitrogen and oxygen atoms in total. The Bertz CT molecular complexity index is 687. The van der Waals surface area contributed by atoms with Crippen LogP contribution in [0.25, 0.3) is 0 Å². The van der Waals surface area contributed by atoms with Gasteiger partial charge in [0.25, 0.3) is 0 Å². The fourth-order valence-corrected chi connectivity index (χ4v) is 3.03. The highest BCUT2D eigenvalue weighted by molar-refractivity contribution is 5.94. The average molecular weight is 416 g/mol. The van der Waals surface area contributed by atoms with Crippen molar-refractivity contribution < 1.29 is 27.5 Å². The number of amides is 2. The lowest BCUT2D eigenvalue weighted by atomic mass is 10.2. The Morgan fingerprint density at radius 1 is 1.07 bits per heavy atom. The molecule has 2 N–H and O–H groups in total. The van der Waals surface area contributed by atoms with Gasteiger partial charge in [-0.3, -0.25) is 19.4 Å². The molecule has 0 radical (unpaired) electrons. The molecule has 0 spiro atoms. The summed E-state index contributed by atoms with van der Waals surface area (Å²) in [6, 6.07) is 4.70. The quantitative estimate of drug-likeness (QED) is 0.712. The monoisotopic (exact) mass is 416 g/mol. The maximum Gasteiger partial charge on any atom is 0.573 e. The van der Waals surface area contributed by atoms with E-state index >= 15 is 0 Å². The first-order chi connectivity index (χ1) is 13.5. The largest absolute Gasteiger partial charge is 0.573 e. The average Bonchev–Trinajstić information content (AvgIpc) is 2.61. The zero-order valence-electron chi connectivity index (χ0n) is 16.8. The van der Waals surface area contributed by atoms with Crippen molar-refractivity contribution in [3.8, 4) is 5.75 Å². The second-order valence-corrected chi connectivity index (χ2v) is 7.27. The lowest BCUT2D eigenvalue weighted by Crippen LogP contribution is -2.54. The summed E-state index contributed by atoms with van der Waals surface area (Å²) < 4.78 is 40.4. The van der Waals surface area contributed by atoms with E-state index < -0.39 is 12.4 Å². The van der Waals surface area contributed by atoms with E-state index in [1.54, 1.807) is 6.92 Å². The zero-order valence-corrected chi connectivity index (χ0v) is 16.8. The summed E-state index contributed by atoms with van der Waals surface area (Å²) in [5.41, 5.74) is 0.389. The van der Waals surface area contributed by atoms with Gasteiger partial charge in [0.1, 0.15) is 5.75 Å². The van der Waals surface area contributed by atoms with Crippen LogP contribution >= 0.6 is 0 Å². The van der Waals surface area contributed by atoms with E-state index in [1.165, 1.54) is 12.1 Å². The molecule has 1 aromatic rings. The molecule has 162 valence electrons. The standard InChI is InChI=1S/C19H27F3N4O3/c1-13(2)23-17(27)12-25-8-10-26(11-9-25)14(3)18(28)24-15-4-6-16(7-5-15)29-19(20,21)22/h4-7,13-14H,8-12H2,1-3H3,(H,23,27)(H,24,28)/t14-/m0/s1. The minimum atomic E-state index is -4.75. The van der Waals surface area contributed by atoms with Gasteiger partial charge in [0, 0.05) is 37.9 Å². The van der Waals surface area contributed by atoms with Crippen LogP contribution in [0.5, 0.6) is 5.75 Å². The van der Waals surface area contributed by atoms with Crippen LogP contribution in [0.4, 0.5) is 18.9 Å². The third kappa shape index (κ3) is 7.90. The van der Waals surface area contributed by atoms with Gasteiger partial charge in [-0.1, -0.05) is 0 Å². The van der Waals surface area contributed by atoms with Crippen LogP contribution < -0.4 is 15.4 Å². The van der Waals surface area contributed by atoms with E-state index in [0.29, 0.717) is 38.4 Å². The predicted octanol–water partition coefficient (Wildman–Crippen LogP) is 2.05. The van der Waals surface area contributed by atoms with Crippen LogP contribution in [0.3, 0.4) is 0 Å². The van der Waals surface area contributed by atoms with Crippen molar-refractivity contribution in [3.05, 3.63) is 24.3 Å². The number of ether oxygens (including phenoxy) is 1. The molecule has 1 aliphatic rings. The molecule has 1 aromatic carbocycles.